The summed E-state index contributed by atoms with van der Waals surface area (Å²) in [5, 5.41) is 9.89. The van der Waals surface area contributed by atoms with E-state index in [0.717, 1.165) is 0 Å². The molecule has 23 heteroatoms. The van der Waals surface area contributed by atoms with Crippen LogP contribution in [-0.4, -0.2) is 98.4 Å². The van der Waals surface area contributed by atoms with Gasteiger partial charge >= 0.3 is 7.23 Å². The average molecular weight is 688 g/mol. The summed E-state index contributed by atoms with van der Waals surface area (Å²) in [6.07, 6.45) is -0.131. The quantitative estimate of drug-likeness (QED) is 0.0977. The van der Waals surface area contributed by atoms with Crippen LogP contribution in [0.5, 0.6) is 0 Å². The van der Waals surface area contributed by atoms with Crippen LogP contribution in [0.4, 0.5) is 11.8 Å². The lowest BCUT2D eigenvalue weighted by molar-refractivity contribution is -0.182. The van der Waals surface area contributed by atoms with Crippen molar-refractivity contribution in [2.45, 2.75) is 48.4 Å². The number of H-pyrrole nitrogens is 1. The Morgan fingerprint density at radius 3 is 2.70 bits per heavy atom. The number of anilines is 2. The fourth-order valence-corrected chi connectivity index (χ4v) is 9.02. The largest absolute Gasteiger partial charge is 0.582 e. The number of rotatable bonds is 9. The van der Waals surface area contributed by atoms with Crippen molar-refractivity contribution in [3.05, 3.63) is 29.3 Å². The maximum absolute atomic E-state index is 12.4. The Morgan fingerprint density at radius 2 is 1.95 bits per heavy atom. The predicted octanol–water partition coefficient (Wildman–Crippen LogP) is -0.271. The third-order valence-electron chi connectivity index (χ3n) is 7.85. The van der Waals surface area contributed by atoms with E-state index in [4.69, 9.17) is 46.5 Å². The van der Waals surface area contributed by atoms with Crippen molar-refractivity contribution in [3.63, 3.8) is 0 Å². The molecule has 44 heavy (non-hydrogen) atoms. The smallest absolute Gasteiger partial charge is 0.394 e. The van der Waals surface area contributed by atoms with Gasteiger partial charge in [0.25, 0.3) is 5.56 Å². The summed E-state index contributed by atoms with van der Waals surface area (Å²) in [4.78, 5) is 47.2. The SMILES string of the molecule is Nc1nc2c(ncn2[C@@H]2O[C@H](CO)C[C@H]2P(O)(=S)OC[C@@]23CO[C@@H]([C@H](n4cnc5c(N)ncnc54)O2)[C@@H]3O[P+](=O)S)c(=O)[nH]1. The lowest BCUT2D eigenvalue weighted by atomic mass is 10.0. The average Bonchev–Trinajstić information content (AvgIpc) is 3.79. The summed E-state index contributed by atoms with van der Waals surface area (Å²) in [6, 6.07) is 0. The van der Waals surface area contributed by atoms with Gasteiger partial charge in [-0.3, -0.25) is 18.9 Å². The number of nitrogens with one attached hydrogen (secondary N) is 1. The monoisotopic (exact) mass is 687 g/mol. The summed E-state index contributed by atoms with van der Waals surface area (Å²) >= 11 is 9.60. The number of nitrogens with two attached hydrogens (primary N) is 2. The molecule has 0 radical (unpaired) electrons. The van der Waals surface area contributed by atoms with E-state index in [9.17, 15) is 19.4 Å². The van der Waals surface area contributed by atoms with Gasteiger partial charge in [0.2, 0.25) is 5.95 Å². The van der Waals surface area contributed by atoms with Crippen molar-refractivity contribution in [3.8, 4) is 0 Å². The van der Waals surface area contributed by atoms with Gasteiger partial charge in [-0.1, -0.05) is 0 Å². The lowest BCUT2D eigenvalue weighted by Gasteiger charge is -2.33. The van der Waals surface area contributed by atoms with Crippen LogP contribution in [0.1, 0.15) is 18.9 Å². The highest BCUT2D eigenvalue weighted by molar-refractivity contribution is 8.39. The maximum Gasteiger partial charge on any atom is 0.582 e. The van der Waals surface area contributed by atoms with E-state index in [-0.39, 0.29) is 49.2 Å². The van der Waals surface area contributed by atoms with Crippen molar-refractivity contribution in [2.24, 2.45) is 0 Å². The molecule has 7 heterocycles. The van der Waals surface area contributed by atoms with Crippen LogP contribution < -0.4 is 17.0 Å². The fourth-order valence-electron chi connectivity index (χ4n) is 5.85. The van der Waals surface area contributed by atoms with E-state index in [1.54, 1.807) is 4.57 Å². The maximum atomic E-state index is 12.4. The number of fused-ring (bicyclic) bond motifs is 4. The summed E-state index contributed by atoms with van der Waals surface area (Å²) in [5.41, 5.74) is 9.71. The van der Waals surface area contributed by atoms with Crippen LogP contribution in [0.2, 0.25) is 0 Å². The number of thiol groups is 1. The highest BCUT2D eigenvalue weighted by Crippen LogP contribution is 2.59. The Kier molecular flexibility index (Phi) is 7.49. The molecule has 7 N–H and O–H groups in total. The van der Waals surface area contributed by atoms with Crippen LogP contribution >= 0.6 is 26.0 Å². The molecule has 19 nitrogen and oxygen atoms in total. The number of aliphatic hydroxyl groups is 1. The molecule has 3 saturated heterocycles. The summed E-state index contributed by atoms with van der Waals surface area (Å²) in [7, 11) is -2.41. The number of aromatic amines is 1. The van der Waals surface area contributed by atoms with Crippen molar-refractivity contribution < 1.29 is 37.8 Å². The predicted molar refractivity (Wildman–Crippen MR) is 158 cm³/mol. The van der Waals surface area contributed by atoms with E-state index in [1.165, 1.54) is 23.5 Å². The van der Waals surface area contributed by atoms with E-state index in [0.29, 0.717) is 11.2 Å². The number of aromatic nitrogens is 8. The number of hydrogen-bond acceptors (Lipinski definition) is 16. The molecular formula is C21H25N10O9P2S2+. The first-order valence-electron chi connectivity index (χ1n) is 13.0. The van der Waals surface area contributed by atoms with Gasteiger partial charge in [-0.05, 0) is 22.8 Å². The van der Waals surface area contributed by atoms with Gasteiger partial charge in [-0.15, -0.1) is 4.52 Å². The molecule has 7 rings (SSSR count). The molecule has 4 aromatic rings. The zero-order chi connectivity index (χ0) is 31.0. The van der Waals surface area contributed by atoms with Crippen LogP contribution in [0.15, 0.2) is 23.8 Å². The number of nitrogens with zero attached hydrogens (tertiary/aromatic N) is 7. The van der Waals surface area contributed by atoms with E-state index in [1.807, 2.05) is 0 Å². The number of hydrogen-bond donors (Lipinski definition) is 6. The molecule has 0 saturated carbocycles. The number of imidazole rings is 2. The third kappa shape index (κ3) is 4.83. The van der Waals surface area contributed by atoms with Crippen molar-refractivity contribution >= 4 is 71.9 Å². The fraction of sp³-hybridized carbons (Fsp3) is 0.524. The van der Waals surface area contributed by atoms with E-state index in [2.05, 4.69) is 42.2 Å². The zero-order valence-electron chi connectivity index (χ0n) is 22.3. The molecule has 3 fully saturated rings. The Labute approximate surface area is 257 Å². The first-order chi connectivity index (χ1) is 21.0. The number of aliphatic hydroxyl groups excluding tert-OH is 1. The van der Waals surface area contributed by atoms with E-state index < -0.39 is 61.3 Å². The minimum Gasteiger partial charge on any atom is -0.394 e. The minimum absolute atomic E-state index is 0.000462. The molecule has 0 aromatic carbocycles. The molecule has 0 aliphatic carbocycles. The molecule has 3 aliphatic heterocycles. The lowest BCUT2D eigenvalue weighted by Crippen LogP contribution is -2.45. The van der Waals surface area contributed by atoms with Gasteiger partial charge in [-0.2, -0.15) is 4.98 Å². The van der Waals surface area contributed by atoms with Crippen LogP contribution in [0, 0.1) is 0 Å². The highest BCUT2D eigenvalue weighted by atomic mass is 32.7. The Bertz CT molecular complexity index is 1890. The van der Waals surface area contributed by atoms with Crippen molar-refractivity contribution in [1.82, 2.24) is 39.0 Å². The Balaban J connectivity index is 1.18. The second kappa shape index (κ2) is 11.0. The summed E-state index contributed by atoms with van der Waals surface area (Å²) in [6.45, 7) is -4.55. The standard InChI is InChI=1S/C21H24N10O9P2S2/c22-14-10-15(25-5-24-14)30(6-26-10)19-12-13(40-41(34)43)21(39-19,3-36-12)4-37-42(35,44)9-1-8(2-32)38-18(9)31-7-27-11-16(31)28-20(23)29-17(11)33/h5-9,12-13,18-19,32H,1-4H2,(H6-,22,23,24,25,28,29,33,34,35,43,44)/p+1/t8-,9+,12+,13-,18+,19+,21+,42?/m0/s1. The molecule has 2 unspecified atom stereocenters. The second-order valence-corrected chi connectivity index (χ2v) is 15.7. The summed E-state index contributed by atoms with van der Waals surface area (Å²) in [5.74, 6) is 0.0270. The highest BCUT2D eigenvalue weighted by Gasteiger charge is 2.66. The molecular weight excluding hydrogens is 662 g/mol. The van der Waals surface area contributed by atoms with Crippen LogP contribution in [0.3, 0.4) is 0 Å². The van der Waals surface area contributed by atoms with Gasteiger partial charge in [0.1, 0.15) is 36.4 Å². The Morgan fingerprint density at radius 1 is 1.20 bits per heavy atom. The van der Waals surface area contributed by atoms with Gasteiger partial charge < -0.3 is 40.2 Å². The Hall–Kier alpha value is -2.68. The number of nitrogen functional groups attached to an aromatic ring is 2. The molecule has 2 bridgehead atoms. The van der Waals surface area contributed by atoms with E-state index >= 15 is 0 Å². The molecule has 3 aliphatic rings. The molecule has 0 spiro atoms. The number of ether oxygens (including phenoxy) is 3. The third-order valence-corrected chi connectivity index (χ3v) is 11.5. The second-order valence-electron chi connectivity index (χ2n) is 10.4. The topological polar surface area (TPSA) is 263 Å². The van der Waals surface area contributed by atoms with Gasteiger partial charge in [0.05, 0.1) is 44.2 Å². The normalized spacial score (nSPS) is 31.7. The zero-order valence-corrected chi connectivity index (χ0v) is 25.8. The van der Waals surface area contributed by atoms with Gasteiger partial charge in [-0.25, -0.2) is 19.9 Å². The van der Waals surface area contributed by atoms with Gasteiger partial charge in [0, 0.05) is 0 Å². The first kappa shape index (κ1) is 30.0. The van der Waals surface area contributed by atoms with Gasteiger partial charge in [0.15, 0.2) is 47.1 Å². The molecule has 234 valence electrons. The van der Waals surface area contributed by atoms with Crippen LogP contribution in [0.25, 0.3) is 22.3 Å². The summed E-state index contributed by atoms with van der Waals surface area (Å²) < 4.78 is 45.4. The van der Waals surface area contributed by atoms with Crippen LogP contribution in [-0.2, 0) is 39.6 Å². The van der Waals surface area contributed by atoms with Crippen molar-refractivity contribution in [2.75, 3.05) is 31.3 Å². The molecule has 4 aromatic heterocycles. The minimum atomic E-state index is -3.80. The molecule has 9 atom stereocenters. The molecule has 0 amide bonds. The first-order valence-corrected chi connectivity index (χ1v) is 18.1. The van der Waals surface area contributed by atoms with Crippen molar-refractivity contribution in [1.29, 1.82) is 0 Å².